The van der Waals surface area contributed by atoms with E-state index in [0.717, 1.165) is 12.8 Å². The SMILES string of the molecule is CC(C)(C)CCCC(=O)CCO[N+](=O)[O-]. The summed E-state index contributed by atoms with van der Waals surface area (Å²) in [5.74, 6) is 0.0288. The molecule has 0 aromatic heterocycles. The number of carbonyl (C=O) groups excluding carboxylic acids is 1. The number of Topliss-reactive ketones (excluding diaryl/α,β-unsaturated/α-hetero) is 1. The molecule has 0 spiro atoms. The van der Waals surface area contributed by atoms with Gasteiger partial charge in [0.25, 0.3) is 5.09 Å². The predicted molar refractivity (Wildman–Crippen MR) is 55.9 cm³/mol. The Hall–Kier alpha value is -1.13. The van der Waals surface area contributed by atoms with E-state index in [1.165, 1.54) is 0 Å². The molecule has 0 atom stereocenters. The fraction of sp³-hybridized carbons (Fsp3) is 0.900. The van der Waals surface area contributed by atoms with Crippen LogP contribution in [0.15, 0.2) is 0 Å². The van der Waals surface area contributed by atoms with Crippen LogP contribution in [0.4, 0.5) is 0 Å². The summed E-state index contributed by atoms with van der Waals surface area (Å²) in [5.41, 5.74) is 0.234. The van der Waals surface area contributed by atoms with Crippen molar-refractivity contribution in [3.8, 4) is 0 Å². The standard InChI is InChI=1S/C10H19NO4/c1-10(2,3)7-4-5-9(12)6-8-15-11(13)14/h4-8H2,1-3H3. The molecule has 0 amide bonds. The Morgan fingerprint density at radius 1 is 1.33 bits per heavy atom. The smallest absolute Gasteiger partial charge is 0.294 e. The van der Waals surface area contributed by atoms with Gasteiger partial charge in [0.15, 0.2) is 0 Å². The predicted octanol–water partition coefficient (Wildman–Crippen LogP) is 2.37. The molecule has 0 bridgehead atoms. The molecule has 0 aliphatic heterocycles. The summed E-state index contributed by atoms with van der Waals surface area (Å²) < 4.78 is 0. The van der Waals surface area contributed by atoms with Gasteiger partial charge in [0.1, 0.15) is 12.4 Å². The van der Waals surface area contributed by atoms with E-state index >= 15 is 0 Å². The lowest BCUT2D eigenvalue weighted by atomic mass is 9.89. The third-order valence-corrected chi connectivity index (χ3v) is 1.96. The first-order valence-corrected chi connectivity index (χ1v) is 5.10. The van der Waals surface area contributed by atoms with Crippen LogP contribution in [0.2, 0.25) is 0 Å². The molecule has 0 N–H and O–H groups in total. The number of rotatable bonds is 7. The summed E-state index contributed by atoms with van der Waals surface area (Å²) in [6.45, 7) is 6.23. The first-order valence-electron chi connectivity index (χ1n) is 5.10. The summed E-state index contributed by atoms with van der Waals surface area (Å²) in [7, 11) is 0. The van der Waals surface area contributed by atoms with Gasteiger partial charge in [0.05, 0.1) is 0 Å². The van der Waals surface area contributed by atoms with Crippen LogP contribution in [-0.2, 0) is 9.63 Å². The van der Waals surface area contributed by atoms with Crippen molar-refractivity contribution in [3.05, 3.63) is 10.1 Å². The Kier molecular flexibility index (Phi) is 5.89. The van der Waals surface area contributed by atoms with E-state index in [0.29, 0.717) is 6.42 Å². The fourth-order valence-electron chi connectivity index (χ4n) is 1.17. The van der Waals surface area contributed by atoms with Gasteiger partial charge in [-0.05, 0) is 18.3 Å². The summed E-state index contributed by atoms with van der Waals surface area (Å²) in [5, 5.41) is 8.93. The van der Waals surface area contributed by atoms with E-state index in [4.69, 9.17) is 0 Å². The minimum Gasteiger partial charge on any atom is -0.313 e. The number of carbonyl (C=O) groups is 1. The van der Waals surface area contributed by atoms with E-state index in [1.54, 1.807) is 0 Å². The maximum absolute atomic E-state index is 11.2. The fourth-order valence-corrected chi connectivity index (χ4v) is 1.17. The minimum atomic E-state index is -0.873. The van der Waals surface area contributed by atoms with Crippen LogP contribution in [0.5, 0.6) is 0 Å². The van der Waals surface area contributed by atoms with Crippen molar-refractivity contribution in [3.63, 3.8) is 0 Å². The molecule has 0 heterocycles. The van der Waals surface area contributed by atoms with Gasteiger partial charge in [-0.15, -0.1) is 10.1 Å². The van der Waals surface area contributed by atoms with Crippen LogP contribution in [0.1, 0.15) is 46.5 Å². The first-order chi connectivity index (χ1) is 6.81. The lowest BCUT2D eigenvalue weighted by molar-refractivity contribution is -0.757. The molecular formula is C10H19NO4. The van der Waals surface area contributed by atoms with Gasteiger partial charge in [-0.2, -0.15) is 0 Å². The van der Waals surface area contributed by atoms with Crippen molar-refractivity contribution in [1.29, 1.82) is 0 Å². The Morgan fingerprint density at radius 3 is 2.40 bits per heavy atom. The zero-order valence-electron chi connectivity index (χ0n) is 9.62. The van der Waals surface area contributed by atoms with Gasteiger partial charge in [-0.1, -0.05) is 20.8 Å². The molecule has 88 valence electrons. The average Bonchev–Trinajstić information content (AvgIpc) is 2.00. The van der Waals surface area contributed by atoms with Gasteiger partial charge in [0, 0.05) is 12.8 Å². The summed E-state index contributed by atoms with van der Waals surface area (Å²) in [6, 6.07) is 0. The molecule has 0 fully saturated rings. The quantitative estimate of drug-likeness (QED) is 0.485. The van der Waals surface area contributed by atoms with Gasteiger partial charge in [0.2, 0.25) is 0 Å². The average molecular weight is 217 g/mol. The Labute approximate surface area is 89.9 Å². The minimum absolute atomic E-state index is 0.0288. The second kappa shape index (κ2) is 6.37. The molecule has 0 aliphatic carbocycles. The third-order valence-electron chi connectivity index (χ3n) is 1.96. The molecule has 5 nitrogen and oxygen atoms in total. The summed E-state index contributed by atoms with van der Waals surface area (Å²) in [4.78, 5) is 25.1. The Morgan fingerprint density at radius 2 is 1.93 bits per heavy atom. The Bertz CT molecular complexity index is 220. The van der Waals surface area contributed by atoms with Gasteiger partial charge in [-0.25, -0.2) is 0 Å². The second-order valence-electron chi connectivity index (χ2n) is 4.76. The zero-order chi connectivity index (χ0) is 11.9. The van der Waals surface area contributed by atoms with Crippen molar-refractivity contribution in [2.45, 2.75) is 46.5 Å². The zero-order valence-corrected chi connectivity index (χ0v) is 9.62. The normalized spacial score (nSPS) is 11.1. The van der Waals surface area contributed by atoms with Crippen molar-refractivity contribution in [1.82, 2.24) is 0 Å². The van der Waals surface area contributed by atoms with Gasteiger partial charge in [-0.3, -0.25) is 4.79 Å². The molecule has 15 heavy (non-hydrogen) atoms. The molecule has 5 heteroatoms. The number of hydrogen-bond acceptors (Lipinski definition) is 4. The van der Waals surface area contributed by atoms with E-state index in [9.17, 15) is 14.9 Å². The Balaban J connectivity index is 3.46. The first kappa shape index (κ1) is 13.9. The molecule has 0 radical (unpaired) electrons. The summed E-state index contributed by atoms with van der Waals surface area (Å²) in [6.07, 6.45) is 2.43. The van der Waals surface area contributed by atoms with E-state index in [1.807, 2.05) is 0 Å². The van der Waals surface area contributed by atoms with E-state index in [-0.39, 0.29) is 24.2 Å². The molecular weight excluding hydrogens is 198 g/mol. The maximum atomic E-state index is 11.2. The molecule has 0 saturated carbocycles. The lowest BCUT2D eigenvalue weighted by Gasteiger charge is -2.17. The highest BCUT2D eigenvalue weighted by Gasteiger charge is 2.11. The van der Waals surface area contributed by atoms with Crippen LogP contribution in [0, 0.1) is 15.5 Å². The molecule has 0 unspecified atom stereocenters. The number of ketones is 1. The van der Waals surface area contributed by atoms with E-state index < -0.39 is 5.09 Å². The lowest BCUT2D eigenvalue weighted by Crippen LogP contribution is -2.09. The van der Waals surface area contributed by atoms with Crippen molar-refractivity contribution in [2.24, 2.45) is 5.41 Å². The van der Waals surface area contributed by atoms with Crippen LogP contribution in [-0.4, -0.2) is 17.5 Å². The largest absolute Gasteiger partial charge is 0.313 e. The molecule has 0 rings (SSSR count). The van der Waals surface area contributed by atoms with Crippen molar-refractivity contribution < 1.29 is 14.7 Å². The molecule has 0 aromatic rings. The monoisotopic (exact) mass is 217 g/mol. The second-order valence-corrected chi connectivity index (χ2v) is 4.76. The summed E-state index contributed by atoms with van der Waals surface area (Å²) >= 11 is 0. The molecule has 0 aliphatic rings. The number of hydrogen-bond donors (Lipinski definition) is 0. The van der Waals surface area contributed by atoms with Crippen molar-refractivity contribution >= 4 is 5.78 Å². The highest BCUT2D eigenvalue weighted by molar-refractivity contribution is 5.78. The molecule has 0 aromatic carbocycles. The molecule has 0 saturated heterocycles. The van der Waals surface area contributed by atoms with Gasteiger partial charge >= 0.3 is 0 Å². The van der Waals surface area contributed by atoms with Crippen LogP contribution in [0.3, 0.4) is 0 Å². The third kappa shape index (κ3) is 10.8. The topological polar surface area (TPSA) is 69.4 Å². The highest BCUT2D eigenvalue weighted by Crippen LogP contribution is 2.21. The number of nitrogens with zero attached hydrogens (tertiary/aromatic N) is 1. The van der Waals surface area contributed by atoms with Crippen LogP contribution < -0.4 is 0 Å². The van der Waals surface area contributed by atoms with Crippen LogP contribution in [0.25, 0.3) is 0 Å². The van der Waals surface area contributed by atoms with Crippen molar-refractivity contribution in [2.75, 3.05) is 6.61 Å². The van der Waals surface area contributed by atoms with Crippen LogP contribution >= 0.6 is 0 Å². The van der Waals surface area contributed by atoms with Gasteiger partial charge < -0.3 is 4.84 Å². The van der Waals surface area contributed by atoms with E-state index in [2.05, 4.69) is 25.6 Å². The maximum Gasteiger partial charge on any atom is 0.294 e. The highest BCUT2D eigenvalue weighted by atomic mass is 16.9.